The number of aromatic nitrogens is 5. The fourth-order valence-electron chi connectivity index (χ4n) is 9.62. The highest BCUT2D eigenvalue weighted by atomic mass is 36.0. The van der Waals surface area contributed by atoms with Gasteiger partial charge in [0.05, 0.1) is 91.7 Å². The summed E-state index contributed by atoms with van der Waals surface area (Å²) in [4.78, 5) is 88.1. The lowest BCUT2D eigenvalue weighted by Crippen LogP contribution is -2.41. The highest BCUT2D eigenvalue weighted by Crippen LogP contribution is 2.61. The average molecular weight is 1510 g/mol. The number of methoxy groups -OCH3 is 5. The molecule has 0 aromatic carbocycles. The lowest BCUT2D eigenvalue weighted by Gasteiger charge is -2.32. The van der Waals surface area contributed by atoms with Crippen LogP contribution in [0.2, 0.25) is 10.3 Å². The summed E-state index contributed by atoms with van der Waals surface area (Å²) in [6.45, 7) is 28.4. The van der Waals surface area contributed by atoms with Gasteiger partial charge in [0.25, 0.3) is 0 Å². The van der Waals surface area contributed by atoms with E-state index in [1.165, 1.54) is 57.3 Å². The number of rotatable bonds is 12. The lowest BCUT2D eigenvalue weighted by molar-refractivity contribution is 0.00578. The van der Waals surface area contributed by atoms with Gasteiger partial charge in [-0.05, 0) is 155 Å². The molecule has 0 unspecified atom stereocenters. The number of hydrogen-bond acceptors (Lipinski definition) is 22. The van der Waals surface area contributed by atoms with Crippen LogP contribution >= 0.6 is 74.3 Å². The van der Waals surface area contributed by atoms with Crippen LogP contribution in [-0.4, -0.2) is 133 Å². The van der Waals surface area contributed by atoms with Crippen LogP contribution in [0.15, 0.2) is 83.1 Å². The molecule has 6 atom stereocenters. The van der Waals surface area contributed by atoms with E-state index < -0.39 is 11.2 Å². The van der Waals surface area contributed by atoms with E-state index in [4.69, 9.17) is 65.7 Å². The molecule has 98 heavy (non-hydrogen) atoms. The monoisotopic (exact) mass is 1500 g/mol. The van der Waals surface area contributed by atoms with E-state index in [0.29, 0.717) is 56.4 Å². The molecule has 22 nitrogen and oxygen atoms in total. The van der Waals surface area contributed by atoms with E-state index in [2.05, 4.69) is 111 Å². The molecule has 0 aliphatic carbocycles. The number of halogens is 6. The zero-order valence-corrected chi connectivity index (χ0v) is 64.3. The van der Waals surface area contributed by atoms with Crippen LogP contribution in [0.5, 0.6) is 17.6 Å². The minimum atomic E-state index is -3.22. The maximum Gasteiger partial charge on any atom is 0.489 e. The molecule has 9 rings (SSSR count). The van der Waals surface area contributed by atoms with E-state index >= 15 is 0 Å². The van der Waals surface area contributed by atoms with Crippen LogP contribution in [-0.2, 0) is 37.6 Å². The van der Waals surface area contributed by atoms with E-state index in [9.17, 15) is 37.2 Å². The third-order valence-corrected chi connectivity index (χ3v) is 16.0. The predicted octanol–water partition coefficient (Wildman–Crippen LogP) is 17.6. The Morgan fingerprint density at radius 1 is 0.602 bits per heavy atom. The Morgan fingerprint density at radius 3 is 1.43 bits per heavy atom. The van der Waals surface area contributed by atoms with Gasteiger partial charge in [-0.25, -0.2) is 43.9 Å². The van der Waals surface area contributed by atoms with Crippen LogP contribution in [0, 0.1) is 0 Å². The number of aromatic amines is 1. The number of cyclic esters (lactones) is 3. The van der Waals surface area contributed by atoms with Gasteiger partial charge in [-0.15, -0.1) is 0 Å². The number of nitrogens with one attached hydrogen (secondary N) is 1. The van der Waals surface area contributed by atoms with Crippen LogP contribution in [0.4, 0.5) is 3.89 Å². The maximum atomic E-state index is 11.7. The Morgan fingerprint density at radius 2 is 0.990 bits per heavy atom. The van der Waals surface area contributed by atoms with Gasteiger partial charge < -0.3 is 52.2 Å². The van der Waals surface area contributed by atoms with E-state index in [0.717, 1.165) is 49.1 Å². The van der Waals surface area contributed by atoms with Gasteiger partial charge in [-0.1, -0.05) is 90.7 Å². The zero-order chi connectivity index (χ0) is 74.6. The molecule has 5 aromatic rings. The number of pyridine rings is 5. The molecule has 9 heterocycles. The quantitative estimate of drug-likeness (QED) is 0.0399. The lowest BCUT2D eigenvalue weighted by atomic mass is 9.79. The van der Waals surface area contributed by atoms with Gasteiger partial charge in [-0.2, -0.15) is 3.89 Å². The van der Waals surface area contributed by atoms with Crippen molar-refractivity contribution in [1.82, 2.24) is 24.9 Å². The molecule has 1 saturated heterocycles. The van der Waals surface area contributed by atoms with Gasteiger partial charge in [0, 0.05) is 66.1 Å². The van der Waals surface area contributed by atoms with Crippen molar-refractivity contribution in [3.8, 4) is 17.6 Å². The fraction of sp³-hybridized carbons (Fsp3) is 0.493. The van der Waals surface area contributed by atoms with Gasteiger partial charge in [0.15, 0.2) is 0 Å². The van der Waals surface area contributed by atoms with Crippen LogP contribution in [0.1, 0.15) is 221 Å². The Balaban J connectivity index is 0.000000392. The van der Waals surface area contributed by atoms with Gasteiger partial charge in [0.2, 0.25) is 23.2 Å². The highest BCUT2D eigenvalue weighted by Gasteiger charge is 2.51. The first-order valence-corrected chi connectivity index (χ1v) is 37.3. The molecule has 0 radical (unpaired) electrons. The molecular formula is C67H89BCl5FN5O17PS. The summed E-state index contributed by atoms with van der Waals surface area (Å²) in [5.41, 5.74) is 6.59. The average Bonchev–Trinajstić information content (AvgIpc) is 1.20. The van der Waals surface area contributed by atoms with Gasteiger partial charge >= 0.3 is 42.2 Å². The summed E-state index contributed by atoms with van der Waals surface area (Å²) in [5.74, 6) is -0.158. The Hall–Kier alpha value is -6.28. The first-order valence-electron chi connectivity index (χ1n) is 31.0. The van der Waals surface area contributed by atoms with E-state index in [-0.39, 0.29) is 107 Å². The molecule has 4 aliphatic heterocycles. The summed E-state index contributed by atoms with van der Waals surface area (Å²) >= 11 is 25.6. The molecule has 0 saturated carbocycles. The van der Waals surface area contributed by atoms with Crippen molar-refractivity contribution in [1.29, 1.82) is 0 Å². The number of carbonyl (C=O) groups excluding carboxylic acids is 5. The molecule has 4 aliphatic rings. The third kappa shape index (κ3) is 26.3. The van der Waals surface area contributed by atoms with Gasteiger partial charge in [-0.3, -0.25) is 9.36 Å². The van der Waals surface area contributed by atoms with Crippen LogP contribution in [0.25, 0.3) is 5.57 Å². The minimum Gasteiger partial charge on any atom is -0.481 e. The number of allylic oxidation sites excluding steroid dienone is 4. The number of nitrogens with zero attached hydrogens (tertiary/aromatic N) is 4. The number of fused-ring (bicyclic) bond motifs is 3. The molecule has 5 aromatic heterocycles. The van der Waals surface area contributed by atoms with Crippen LogP contribution in [0.3, 0.4) is 0 Å². The van der Waals surface area contributed by atoms with Crippen molar-refractivity contribution in [3.63, 3.8) is 0 Å². The van der Waals surface area contributed by atoms with Crippen molar-refractivity contribution in [2.24, 2.45) is 0 Å². The number of H-pyrrole nitrogens is 1. The van der Waals surface area contributed by atoms with Crippen molar-refractivity contribution in [2.75, 3.05) is 41.8 Å². The molecule has 1 fully saturated rings. The SMILES string of the molecule is CC/C=C(\C)B1OC(C)(C)C(C)(C)O1.CC/C=C(\C)c1nc(OC)ccc1C(=O)OC.CC[C@@H]1OC(=O)c2ccc(=O)[nH]c2[C@H]1C.CC[C@@H]1OC(=O)c2ccc(Cl)nc2[C@H]1C.CC[C@@H]1OC(=O)c2ccc(OC)nc2[C@H]1C.COC(=O)c1ccc(OC)nc1Cl.CSF.O=P(Cl)(Cl)Cl. The molecule has 0 amide bonds. The number of hydrogen-bond donors (Lipinski definition) is 1. The van der Waals surface area contributed by atoms with E-state index in [1.807, 2.05) is 61.5 Å². The summed E-state index contributed by atoms with van der Waals surface area (Å²) in [7, 11) is 7.05. The number of carbonyl (C=O) groups is 5. The molecule has 0 bridgehead atoms. The van der Waals surface area contributed by atoms with Gasteiger partial charge in [0.1, 0.15) is 28.6 Å². The standard InChI is InChI=1S/C13H17NO3.C12H15NO3.C11H21BO2.C11H12ClNO2.C11H13NO3.C8H8ClNO3.CH3FS.Cl3OP/c1-5-6-9(2)12-10(13(15)17-4)7-8-11(14-12)16-3;1-4-9-7(2)11-8(12(14)16-9)5-6-10(13-11)15-3;1-7-8-9(2)12-13-10(3,4)11(5,6)14-12;1-3-8-6(2)10-7(11(14)15-8)4-5-9(12)13-10;1-3-8-6(2)10-7(11(14)15-8)4-5-9(13)12-10;1-12-6-4-3-5(7(9)10-6)8(11)13-2;1-3-2;1-5(2,3)4/h6-8H,5H2,1-4H3;5-7,9H,4H2,1-3H3;8H,7H2,1-6H3;4-6,8H,3H2,1-2H3;4-6,8H,3H2,1-2H3,(H,12,13);3-4H,1-2H3;1H3;/b9-6+;;9-8+;;;;;/t;7-,9-;;2*6-,8-;;;/m.0.00.../s1. The second-order valence-corrected chi connectivity index (χ2v) is 30.3. The predicted molar refractivity (Wildman–Crippen MR) is 384 cm³/mol. The summed E-state index contributed by atoms with van der Waals surface area (Å²) in [6.07, 6.45) is 9.48. The topological polar surface area (TPSA) is 279 Å². The maximum absolute atomic E-state index is 11.7. The highest BCUT2D eigenvalue weighted by molar-refractivity contribution is 8.24. The molecule has 31 heteroatoms. The Labute approximate surface area is 602 Å². The first kappa shape index (κ1) is 87.8. The molecule has 0 spiro atoms. The summed E-state index contributed by atoms with van der Waals surface area (Å²) in [5, 5.41) is -2.73. The first-order chi connectivity index (χ1) is 46.0. The smallest absolute Gasteiger partial charge is 0.481 e. The van der Waals surface area contributed by atoms with E-state index in [1.54, 1.807) is 50.6 Å². The minimum absolute atomic E-state index is 0.0524. The number of ether oxygens (including phenoxy) is 8. The fourth-order valence-corrected chi connectivity index (χ4v) is 10.00. The summed E-state index contributed by atoms with van der Waals surface area (Å²) in [6, 6.07) is 15.9. The molecule has 540 valence electrons. The number of esters is 5. The second kappa shape index (κ2) is 42.1. The molecular weight excluding hydrogens is 1420 g/mol. The summed E-state index contributed by atoms with van der Waals surface area (Å²) < 4.78 is 71.5. The zero-order valence-electron chi connectivity index (χ0n) is 58.9. The van der Waals surface area contributed by atoms with Crippen molar-refractivity contribution in [3.05, 3.63) is 150 Å². The normalized spacial score (nSPS) is 19.0. The van der Waals surface area contributed by atoms with Crippen molar-refractivity contribution < 1.29 is 79.6 Å². The third-order valence-electron chi connectivity index (χ3n) is 15.5. The molecule has 1 N–H and O–H groups in total. The Bertz CT molecular complexity index is 3640. The second-order valence-electron chi connectivity index (χ2n) is 22.6. The van der Waals surface area contributed by atoms with Crippen molar-refractivity contribution in [2.45, 2.75) is 176 Å². The Kier molecular flexibility index (Phi) is 37.7. The largest absolute Gasteiger partial charge is 0.489 e. The van der Waals surface area contributed by atoms with Crippen LogP contribution < -0.4 is 19.8 Å². The van der Waals surface area contributed by atoms with Crippen molar-refractivity contribution >= 4 is 117 Å².